The number of aliphatic carboxylic acids is 1. The number of anilines is 1. The molecule has 3 N–H and O–H groups in total. The molecular formula is C24H30N2O4. The molecule has 0 unspecified atom stereocenters. The van der Waals surface area contributed by atoms with Gasteiger partial charge in [0.05, 0.1) is 5.69 Å². The molecule has 1 aliphatic carbocycles. The van der Waals surface area contributed by atoms with Gasteiger partial charge in [-0.3, -0.25) is 14.6 Å². The van der Waals surface area contributed by atoms with Crippen LogP contribution < -0.4 is 5.32 Å². The Balaban J connectivity index is 1.79. The Morgan fingerprint density at radius 1 is 1.07 bits per heavy atom. The van der Waals surface area contributed by atoms with Gasteiger partial charge in [-0.25, -0.2) is 0 Å². The number of carbonyl (C=O) groups is 2. The number of aryl methyl sites for hydroxylation is 2. The number of carboxylic acid groups (broad SMARTS) is 1. The lowest BCUT2D eigenvalue weighted by Gasteiger charge is -2.17. The van der Waals surface area contributed by atoms with Gasteiger partial charge in [0, 0.05) is 23.7 Å². The lowest BCUT2D eigenvalue weighted by atomic mass is 9.94. The second kappa shape index (κ2) is 9.74. The van der Waals surface area contributed by atoms with E-state index in [0.29, 0.717) is 18.0 Å². The van der Waals surface area contributed by atoms with Crippen LogP contribution in [0.5, 0.6) is 5.75 Å². The first-order valence-corrected chi connectivity index (χ1v) is 10.6. The van der Waals surface area contributed by atoms with E-state index < -0.39 is 18.3 Å². The molecule has 1 aliphatic rings. The number of carbonyl (C=O) groups excluding carboxylic acids is 1. The highest BCUT2D eigenvalue weighted by Crippen LogP contribution is 2.35. The molecule has 1 amide bonds. The van der Waals surface area contributed by atoms with Gasteiger partial charge in [-0.15, -0.1) is 0 Å². The second-order valence-corrected chi connectivity index (χ2v) is 8.28. The Morgan fingerprint density at radius 2 is 1.70 bits per heavy atom. The van der Waals surface area contributed by atoms with Gasteiger partial charge in [0.25, 0.3) is 0 Å². The fourth-order valence-electron chi connectivity index (χ4n) is 4.33. The van der Waals surface area contributed by atoms with Crippen molar-refractivity contribution >= 4 is 17.6 Å². The van der Waals surface area contributed by atoms with Crippen LogP contribution in [0.1, 0.15) is 78.9 Å². The zero-order valence-corrected chi connectivity index (χ0v) is 17.7. The van der Waals surface area contributed by atoms with E-state index in [2.05, 4.69) is 5.32 Å². The Labute approximate surface area is 177 Å². The molecule has 1 fully saturated rings. The minimum Gasteiger partial charge on any atom is -0.506 e. The van der Waals surface area contributed by atoms with Crippen LogP contribution in [-0.4, -0.2) is 27.1 Å². The maximum atomic E-state index is 11.7. The molecule has 1 aromatic carbocycles. The molecule has 160 valence electrons. The summed E-state index contributed by atoms with van der Waals surface area (Å²) >= 11 is 0. The van der Waals surface area contributed by atoms with Crippen LogP contribution >= 0.6 is 0 Å². The summed E-state index contributed by atoms with van der Waals surface area (Å²) in [4.78, 5) is 27.3. The number of carboxylic acids is 1. The van der Waals surface area contributed by atoms with Crippen LogP contribution in [0.15, 0.2) is 24.3 Å². The van der Waals surface area contributed by atoms with Crippen molar-refractivity contribution in [3.63, 3.8) is 0 Å². The van der Waals surface area contributed by atoms with E-state index in [9.17, 15) is 14.7 Å². The van der Waals surface area contributed by atoms with Crippen LogP contribution in [0.3, 0.4) is 0 Å². The van der Waals surface area contributed by atoms with E-state index in [1.165, 1.54) is 25.7 Å². The number of amides is 1. The van der Waals surface area contributed by atoms with Gasteiger partial charge in [0.1, 0.15) is 12.2 Å². The van der Waals surface area contributed by atoms with E-state index in [1.54, 1.807) is 6.07 Å². The van der Waals surface area contributed by atoms with E-state index in [4.69, 9.17) is 10.1 Å². The summed E-state index contributed by atoms with van der Waals surface area (Å²) < 4.78 is 0. The van der Waals surface area contributed by atoms with Crippen molar-refractivity contribution in [3.8, 4) is 5.75 Å². The van der Waals surface area contributed by atoms with Crippen molar-refractivity contribution in [2.75, 3.05) is 5.32 Å². The largest absolute Gasteiger partial charge is 0.506 e. The van der Waals surface area contributed by atoms with Gasteiger partial charge in [-0.05, 0) is 67.6 Å². The summed E-state index contributed by atoms with van der Waals surface area (Å²) in [6.07, 6.45) is 7.11. The number of benzene rings is 1. The first-order chi connectivity index (χ1) is 14.3. The quantitative estimate of drug-likeness (QED) is 0.467. The van der Waals surface area contributed by atoms with Gasteiger partial charge < -0.3 is 15.5 Å². The van der Waals surface area contributed by atoms with Crippen LogP contribution in [0.4, 0.5) is 5.69 Å². The average Bonchev–Trinajstić information content (AvgIpc) is 2.94. The third-order valence-electron chi connectivity index (χ3n) is 5.85. The molecular weight excluding hydrogens is 380 g/mol. The van der Waals surface area contributed by atoms with Crippen LogP contribution in [0, 0.1) is 13.8 Å². The topological polar surface area (TPSA) is 99.5 Å². The summed E-state index contributed by atoms with van der Waals surface area (Å²) in [5.74, 6) is -1.08. The number of aromatic nitrogens is 1. The third kappa shape index (κ3) is 5.59. The lowest BCUT2D eigenvalue weighted by Crippen LogP contribution is -2.16. The highest BCUT2D eigenvalue weighted by atomic mass is 16.4. The minimum atomic E-state index is -1.15. The molecule has 0 bridgehead atoms. The Bertz CT molecular complexity index is 908. The Morgan fingerprint density at radius 3 is 2.30 bits per heavy atom. The van der Waals surface area contributed by atoms with Crippen LogP contribution in [0.2, 0.25) is 0 Å². The predicted molar refractivity (Wildman–Crippen MR) is 116 cm³/mol. The van der Waals surface area contributed by atoms with Gasteiger partial charge >= 0.3 is 5.97 Å². The van der Waals surface area contributed by atoms with E-state index in [-0.39, 0.29) is 5.75 Å². The lowest BCUT2D eigenvalue weighted by molar-refractivity contribution is -0.139. The summed E-state index contributed by atoms with van der Waals surface area (Å²) in [5, 5.41) is 21.8. The molecule has 6 heteroatoms. The number of hydrogen-bond acceptors (Lipinski definition) is 4. The molecule has 0 radical (unpaired) electrons. The van der Waals surface area contributed by atoms with Crippen molar-refractivity contribution in [2.24, 2.45) is 0 Å². The van der Waals surface area contributed by atoms with Crippen LogP contribution in [0.25, 0.3) is 0 Å². The third-order valence-corrected chi connectivity index (χ3v) is 5.85. The van der Waals surface area contributed by atoms with Gasteiger partial charge in [-0.1, -0.05) is 25.7 Å². The zero-order chi connectivity index (χ0) is 21.7. The predicted octanol–water partition coefficient (Wildman–Crippen LogP) is 4.85. The maximum Gasteiger partial charge on any atom is 0.312 e. The Hall–Kier alpha value is -2.89. The highest BCUT2D eigenvalue weighted by Gasteiger charge is 2.20. The smallest absolute Gasteiger partial charge is 0.312 e. The molecule has 0 atom stereocenters. The monoisotopic (exact) mass is 410 g/mol. The average molecular weight is 411 g/mol. The van der Waals surface area contributed by atoms with Gasteiger partial charge in [0.15, 0.2) is 0 Å². The molecule has 1 aromatic heterocycles. The Kier molecular flexibility index (Phi) is 7.08. The maximum absolute atomic E-state index is 11.7. The number of pyridine rings is 1. The van der Waals surface area contributed by atoms with Crippen molar-refractivity contribution in [1.29, 1.82) is 0 Å². The van der Waals surface area contributed by atoms with E-state index in [0.717, 1.165) is 40.9 Å². The summed E-state index contributed by atoms with van der Waals surface area (Å²) in [6, 6.07) is 7.34. The summed E-state index contributed by atoms with van der Waals surface area (Å²) in [6.45, 7) is 3.95. The molecule has 3 rings (SSSR count). The summed E-state index contributed by atoms with van der Waals surface area (Å²) in [5.41, 5.74) is 5.47. The molecule has 0 saturated heterocycles. The fourth-order valence-corrected chi connectivity index (χ4v) is 4.33. The van der Waals surface area contributed by atoms with Crippen molar-refractivity contribution in [2.45, 2.75) is 71.1 Å². The summed E-state index contributed by atoms with van der Waals surface area (Å²) in [7, 11) is 0. The number of hydrogen-bond donors (Lipinski definition) is 3. The normalized spacial score (nSPS) is 14.9. The van der Waals surface area contributed by atoms with Gasteiger partial charge in [0.2, 0.25) is 5.91 Å². The van der Waals surface area contributed by atoms with Crippen LogP contribution in [-0.2, 0) is 16.0 Å². The van der Waals surface area contributed by atoms with Gasteiger partial charge in [-0.2, -0.15) is 0 Å². The van der Waals surface area contributed by atoms with E-state index >= 15 is 0 Å². The second-order valence-electron chi connectivity index (χ2n) is 8.28. The zero-order valence-electron chi connectivity index (χ0n) is 17.7. The van der Waals surface area contributed by atoms with E-state index in [1.807, 2.05) is 32.0 Å². The molecule has 2 aromatic rings. The number of nitrogens with zero attached hydrogens (tertiary/aromatic N) is 1. The van der Waals surface area contributed by atoms with Crippen molar-refractivity contribution in [3.05, 3.63) is 52.3 Å². The molecule has 0 spiro atoms. The first kappa shape index (κ1) is 21.8. The highest BCUT2D eigenvalue weighted by molar-refractivity contribution is 6.01. The number of aromatic hydroxyl groups is 1. The molecule has 1 heterocycles. The van der Waals surface area contributed by atoms with Crippen molar-refractivity contribution < 1.29 is 19.8 Å². The molecule has 0 aliphatic heterocycles. The molecule has 1 saturated carbocycles. The molecule has 6 nitrogen and oxygen atoms in total. The minimum absolute atomic E-state index is 0.288. The SMILES string of the molecule is Cc1cc(NC(=O)CC(=O)O)cc(C)c1Cc1ccc(O)c(C2CCCCCC2)n1. The standard InChI is InChI=1S/C24H30N2O4/c1-15-11-19(25-22(28)14-23(29)30)12-16(2)20(15)13-18-9-10-21(27)24(26-18)17-7-5-3-4-6-8-17/h9-12,17,27H,3-8,13-14H2,1-2H3,(H,25,28)(H,29,30). The van der Waals surface area contributed by atoms with Crippen molar-refractivity contribution in [1.82, 2.24) is 4.98 Å². The fraction of sp³-hybridized carbons (Fsp3) is 0.458. The first-order valence-electron chi connectivity index (χ1n) is 10.6. The molecule has 30 heavy (non-hydrogen) atoms. The number of nitrogens with one attached hydrogen (secondary N) is 1. The number of rotatable bonds is 6.